The van der Waals surface area contributed by atoms with Crippen molar-refractivity contribution in [3.05, 3.63) is 94.7 Å². The molecule has 1 saturated heterocycles. The molecular formula is C27H26N6O5S. The Hall–Kier alpha value is -4.55. The number of para-hydroxylation sites is 1. The number of anilines is 1. The van der Waals surface area contributed by atoms with Crippen LogP contribution in [0.25, 0.3) is 16.9 Å². The fourth-order valence-electron chi connectivity index (χ4n) is 4.33. The van der Waals surface area contributed by atoms with E-state index < -0.39 is 14.9 Å². The van der Waals surface area contributed by atoms with Crippen molar-refractivity contribution >= 4 is 27.6 Å². The predicted octanol–water partition coefficient (Wildman–Crippen LogP) is 4.69. The highest BCUT2D eigenvalue weighted by Crippen LogP contribution is 2.30. The normalized spacial score (nSPS) is 14.1. The van der Waals surface area contributed by atoms with Crippen molar-refractivity contribution in [2.75, 3.05) is 25.6 Å². The first-order valence-electron chi connectivity index (χ1n) is 12.2. The Morgan fingerprint density at radius 1 is 1.05 bits per heavy atom. The van der Waals surface area contributed by atoms with Gasteiger partial charge in [0, 0.05) is 36.5 Å². The van der Waals surface area contributed by atoms with E-state index in [1.165, 1.54) is 22.7 Å². The van der Waals surface area contributed by atoms with E-state index in [-0.39, 0.29) is 16.3 Å². The smallest absolute Gasteiger partial charge is 0.295 e. The Morgan fingerprint density at radius 3 is 2.44 bits per heavy atom. The summed E-state index contributed by atoms with van der Waals surface area (Å²) < 4.78 is 34.1. The number of nitrogens with zero attached hydrogens (tertiary/aromatic N) is 5. The van der Waals surface area contributed by atoms with Crippen LogP contribution in [0.3, 0.4) is 0 Å². The average Bonchev–Trinajstić information content (AvgIpc) is 3.65. The number of aromatic nitrogens is 2. The maximum Gasteiger partial charge on any atom is 0.295 e. The van der Waals surface area contributed by atoms with Crippen LogP contribution in [-0.4, -0.2) is 53.8 Å². The van der Waals surface area contributed by atoms with Gasteiger partial charge in [0.15, 0.2) is 0 Å². The van der Waals surface area contributed by atoms with Gasteiger partial charge in [-0.25, -0.2) is 13.1 Å². The fraction of sp³-hybridized carbons (Fsp3) is 0.185. The van der Waals surface area contributed by atoms with Gasteiger partial charge in [-0.3, -0.25) is 15.5 Å². The zero-order valence-corrected chi connectivity index (χ0v) is 21.9. The van der Waals surface area contributed by atoms with E-state index >= 15 is 0 Å². The molecule has 0 radical (unpaired) electrons. The summed E-state index contributed by atoms with van der Waals surface area (Å²) in [6.07, 6.45) is 4.87. The molecule has 1 aliphatic heterocycles. The first-order valence-corrected chi connectivity index (χ1v) is 13.7. The van der Waals surface area contributed by atoms with E-state index in [2.05, 4.69) is 10.5 Å². The lowest BCUT2D eigenvalue weighted by Gasteiger charge is -2.15. The van der Waals surface area contributed by atoms with E-state index in [1.807, 2.05) is 54.6 Å². The molecule has 1 fully saturated rings. The van der Waals surface area contributed by atoms with Gasteiger partial charge in [0.2, 0.25) is 10.0 Å². The Morgan fingerprint density at radius 2 is 1.77 bits per heavy atom. The lowest BCUT2D eigenvalue weighted by atomic mass is 10.1. The average molecular weight is 547 g/mol. The molecule has 1 aliphatic rings. The molecule has 3 aromatic carbocycles. The number of rotatable bonds is 9. The molecule has 4 aromatic rings. The molecule has 0 aliphatic carbocycles. The summed E-state index contributed by atoms with van der Waals surface area (Å²) in [7, 11) is -2.20. The van der Waals surface area contributed by atoms with Gasteiger partial charge in [0.1, 0.15) is 17.1 Å². The molecule has 39 heavy (non-hydrogen) atoms. The van der Waals surface area contributed by atoms with Gasteiger partial charge in [-0.05, 0) is 61.4 Å². The SMILES string of the molecule is COc1ccc(-c2nn(-c3ccccc3)cc2/C=N/Nc2ccc(S(=O)(=O)N3CCCC3)cc2[N+](=O)[O-])cc1. The number of nitrogens with one attached hydrogen (secondary N) is 1. The van der Waals surface area contributed by atoms with Crippen molar-refractivity contribution in [1.29, 1.82) is 0 Å². The topological polar surface area (TPSA) is 132 Å². The first kappa shape index (κ1) is 26.1. The predicted molar refractivity (Wildman–Crippen MR) is 148 cm³/mol. The first-order chi connectivity index (χ1) is 18.9. The number of methoxy groups -OCH3 is 1. The molecule has 12 heteroatoms. The third-order valence-corrected chi connectivity index (χ3v) is 8.28. The van der Waals surface area contributed by atoms with Crippen LogP contribution in [-0.2, 0) is 10.0 Å². The molecule has 0 unspecified atom stereocenters. The Bertz CT molecular complexity index is 1610. The third-order valence-electron chi connectivity index (χ3n) is 6.38. The van der Waals surface area contributed by atoms with E-state index in [1.54, 1.807) is 18.0 Å². The van der Waals surface area contributed by atoms with Gasteiger partial charge in [-0.2, -0.15) is 14.5 Å². The van der Waals surface area contributed by atoms with Crippen molar-refractivity contribution in [2.24, 2.45) is 5.10 Å². The number of hydrogen-bond donors (Lipinski definition) is 1. The van der Waals surface area contributed by atoms with Crippen molar-refractivity contribution in [2.45, 2.75) is 17.7 Å². The minimum atomic E-state index is -3.80. The number of nitro benzene ring substituents is 1. The Labute approximate surface area is 225 Å². The van der Waals surface area contributed by atoms with Gasteiger partial charge in [-0.15, -0.1) is 0 Å². The largest absolute Gasteiger partial charge is 0.497 e. The molecule has 1 N–H and O–H groups in total. The summed E-state index contributed by atoms with van der Waals surface area (Å²) in [5.74, 6) is 0.709. The van der Waals surface area contributed by atoms with Crippen LogP contribution >= 0.6 is 0 Å². The van der Waals surface area contributed by atoms with Crippen LogP contribution in [0.2, 0.25) is 0 Å². The number of hydrogen-bond acceptors (Lipinski definition) is 8. The third kappa shape index (κ3) is 5.52. The van der Waals surface area contributed by atoms with Crippen molar-refractivity contribution in [3.8, 4) is 22.7 Å². The van der Waals surface area contributed by atoms with Gasteiger partial charge in [0.25, 0.3) is 5.69 Å². The van der Waals surface area contributed by atoms with Crippen molar-refractivity contribution in [1.82, 2.24) is 14.1 Å². The van der Waals surface area contributed by atoms with Gasteiger partial charge in [-0.1, -0.05) is 18.2 Å². The van der Waals surface area contributed by atoms with Gasteiger partial charge in [0.05, 0.1) is 28.8 Å². The second-order valence-corrected chi connectivity index (χ2v) is 10.8. The molecule has 200 valence electrons. The van der Waals surface area contributed by atoms with Crippen LogP contribution in [0.1, 0.15) is 18.4 Å². The maximum absolute atomic E-state index is 12.9. The highest BCUT2D eigenvalue weighted by Gasteiger charge is 2.29. The van der Waals surface area contributed by atoms with Crippen LogP contribution < -0.4 is 10.2 Å². The van der Waals surface area contributed by atoms with Crippen LogP contribution in [0.4, 0.5) is 11.4 Å². The van der Waals surface area contributed by atoms with Crippen molar-refractivity contribution in [3.63, 3.8) is 0 Å². The molecule has 0 atom stereocenters. The second-order valence-electron chi connectivity index (χ2n) is 8.86. The number of nitro groups is 1. The van der Waals surface area contributed by atoms with Gasteiger partial charge < -0.3 is 4.74 Å². The number of hydrazone groups is 1. The van der Waals surface area contributed by atoms with E-state index in [0.717, 1.165) is 30.2 Å². The van der Waals surface area contributed by atoms with E-state index in [4.69, 9.17) is 9.84 Å². The van der Waals surface area contributed by atoms with Crippen LogP contribution in [0.5, 0.6) is 5.75 Å². The van der Waals surface area contributed by atoms with E-state index in [0.29, 0.717) is 30.1 Å². The summed E-state index contributed by atoms with van der Waals surface area (Å²) >= 11 is 0. The van der Waals surface area contributed by atoms with E-state index in [9.17, 15) is 18.5 Å². The monoisotopic (exact) mass is 546 g/mol. The lowest BCUT2D eigenvalue weighted by molar-refractivity contribution is -0.384. The minimum Gasteiger partial charge on any atom is -0.497 e. The molecule has 0 spiro atoms. The van der Waals surface area contributed by atoms with Crippen LogP contribution in [0.15, 0.2) is 89.0 Å². The quantitative estimate of drug-likeness (QED) is 0.183. The van der Waals surface area contributed by atoms with Gasteiger partial charge >= 0.3 is 0 Å². The molecule has 0 bridgehead atoms. The number of ether oxygens (including phenoxy) is 1. The second kappa shape index (κ2) is 11.1. The summed E-state index contributed by atoms with van der Waals surface area (Å²) in [5, 5.41) is 20.8. The van der Waals surface area contributed by atoms with Crippen molar-refractivity contribution < 1.29 is 18.1 Å². The molecular weight excluding hydrogens is 520 g/mol. The maximum atomic E-state index is 12.9. The molecule has 2 heterocycles. The fourth-order valence-corrected chi connectivity index (χ4v) is 5.87. The molecule has 1 aromatic heterocycles. The molecule has 0 saturated carbocycles. The zero-order chi connectivity index (χ0) is 27.4. The Kier molecular flexibility index (Phi) is 7.39. The molecule has 11 nitrogen and oxygen atoms in total. The summed E-state index contributed by atoms with van der Waals surface area (Å²) in [6, 6.07) is 20.8. The number of sulfonamides is 1. The highest BCUT2D eigenvalue weighted by molar-refractivity contribution is 7.89. The standard InChI is InChI=1S/C27H26N6O5S/c1-38-23-11-9-20(10-12-23)27-21(19-32(30-27)22-7-3-2-4-8-22)18-28-29-25-14-13-24(17-26(25)33(34)35)39(36,37)31-15-5-6-16-31/h2-4,7-14,17-19,29H,5-6,15-16H2,1H3/b28-18+. The zero-order valence-electron chi connectivity index (χ0n) is 21.1. The minimum absolute atomic E-state index is 0.0677. The summed E-state index contributed by atoms with van der Waals surface area (Å²) in [4.78, 5) is 11.0. The lowest BCUT2D eigenvalue weighted by Crippen LogP contribution is -2.27. The molecule has 5 rings (SSSR count). The summed E-state index contributed by atoms with van der Waals surface area (Å²) in [6.45, 7) is 0.821. The highest BCUT2D eigenvalue weighted by atomic mass is 32.2. The Balaban J connectivity index is 1.45. The van der Waals surface area contributed by atoms with Crippen LogP contribution in [0, 0.1) is 10.1 Å². The summed E-state index contributed by atoms with van der Waals surface area (Å²) in [5.41, 5.74) is 5.37. The number of benzene rings is 3. The molecule has 0 amide bonds.